The van der Waals surface area contributed by atoms with Gasteiger partial charge in [-0.3, -0.25) is 0 Å². The van der Waals surface area contributed by atoms with Crippen molar-refractivity contribution in [3.05, 3.63) is 156 Å². The van der Waals surface area contributed by atoms with Crippen LogP contribution in [0.4, 0.5) is 22.9 Å². The molecule has 3 nitrogen and oxygen atoms in total. The van der Waals surface area contributed by atoms with E-state index >= 15 is 0 Å². The van der Waals surface area contributed by atoms with Gasteiger partial charge in [0.1, 0.15) is 5.58 Å². The van der Waals surface area contributed by atoms with E-state index in [0.29, 0.717) is 0 Å². The summed E-state index contributed by atoms with van der Waals surface area (Å²) in [6.07, 6.45) is 5.63. The van der Waals surface area contributed by atoms with Crippen LogP contribution in [0.25, 0.3) is 22.1 Å². The highest BCUT2D eigenvalue weighted by molar-refractivity contribution is 6.95. The van der Waals surface area contributed by atoms with Gasteiger partial charge in [0.05, 0.1) is 6.04 Å². The van der Waals surface area contributed by atoms with Crippen molar-refractivity contribution in [1.29, 1.82) is 0 Å². The summed E-state index contributed by atoms with van der Waals surface area (Å²) in [5.74, 6) is 0.974. The number of allylic oxidation sites excluding steroid dienone is 1. The zero-order valence-corrected chi connectivity index (χ0v) is 25.4. The topological polar surface area (TPSA) is 19.6 Å². The number of para-hydroxylation sites is 3. The number of anilines is 4. The van der Waals surface area contributed by atoms with Crippen molar-refractivity contribution in [1.82, 2.24) is 0 Å². The summed E-state index contributed by atoms with van der Waals surface area (Å²) in [7, 11) is 0. The van der Waals surface area contributed by atoms with Crippen LogP contribution in [0.5, 0.6) is 0 Å². The lowest BCUT2D eigenvalue weighted by molar-refractivity contribution is 0.584. The third-order valence-corrected chi connectivity index (χ3v) is 10.6. The predicted octanol–water partition coefficient (Wildman–Crippen LogP) is 8.77. The molecule has 0 unspecified atom stereocenters. The van der Waals surface area contributed by atoms with Crippen LogP contribution in [0.3, 0.4) is 0 Å². The Labute approximate surface area is 263 Å². The van der Waals surface area contributed by atoms with Crippen LogP contribution in [0.2, 0.25) is 0 Å². The fourth-order valence-corrected chi connectivity index (χ4v) is 8.67. The first kappa shape index (κ1) is 25.1. The van der Waals surface area contributed by atoms with E-state index < -0.39 is 0 Å². The van der Waals surface area contributed by atoms with Crippen molar-refractivity contribution in [2.24, 2.45) is 0 Å². The lowest BCUT2D eigenvalue weighted by Gasteiger charge is -2.48. The molecule has 0 saturated carbocycles. The first-order chi connectivity index (χ1) is 22.1. The van der Waals surface area contributed by atoms with Crippen molar-refractivity contribution in [2.45, 2.75) is 31.7 Å². The van der Waals surface area contributed by atoms with Crippen molar-refractivity contribution >= 4 is 51.6 Å². The minimum absolute atomic E-state index is 0.0901. The van der Waals surface area contributed by atoms with Gasteiger partial charge in [-0.05, 0) is 88.2 Å². The molecule has 10 rings (SSSR count). The number of benzene rings is 5. The van der Waals surface area contributed by atoms with E-state index in [9.17, 15) is 0 Å². The average molecular weight is 579 g/mol. The lowest BCUT2D eigenvalue weighted by Crippen LogP contribution is -2.60. The minimum Gasteiger partial charge on any atom is -0.441 e. The Morgan fingerprint density at radius 3 is 2.27 bits per heavy atom. The minimum atomic E-state index is -0.0901. The van der Waals surface area contributed by atoms with E-state index in [4.69, 9.17) is 4.42 Å². The molecule has 45 heavy (non-hydrogen) atoms. The summed E-state index contributed by atoms with van der Waals surface area (Å²) in [6, 6.07) is 44.4. The number of furan rings is 1. The van der Waals surface area contributed by atoms with Gasteiger partial charge in [-0.15, -0.1) is 0 Å². The smallest absolute Gasteiger partial charge is 0.252 e. The Morgan fingerprint density at radius 2 is 1.44 bits per heavy atom. The molecule has 2 aliphatic heterocycles. The standard InChI is InChI=1S/C41H31BN2O/c1-41(2)31-19-10-9-18-28(31)29-25-37-30(24-32(29)41)38-40(45-37)44(27-16-7-4-8-17-27)36-23-13-22-35-39(36)42(38)33-20-11-12-21-34(33)43(35)26-14-5-3-6-15-26/h3-22,24-25,36H,23H2,1-2H3/t36-/m0/s1. The average Bonchev–Trinajstić information content (AvgIpc) is 3.56. The van der Waals surface area contributed by atoms with Gasteiger partial charge in [0.2, 0.25) is 0 Å². The molecular formula is C41H31BN2O. The number of hydrogen-bond donors (Lipinski definition) is 0. The molecule has 2 aliphatic carbocycles. The van der Waals surface area contributed by atoms with Gasteiger partial charge < -0.3 is 14.2 Å². The Hall–Kier alpha value is -5.22. The third kappa shape index (κ3) is 3.26. The molecule has 3 heterocycles. The zero-order chi connectivity index (χ0) is 29.9. The van der Waals surface area contributed by atoms with Crippen LogP contribution < -0.4 is 20.7 Å². The highest BCUT2D eigenvalue weighted by Crippen LogP contribution is 2.52. The maximum atomic E-state index is 7.10. The van der Waals surface area contributed by atoms with Gasteiger partial charge in [0, 0.05) is 39.0 Å². The van der Waals surface area contributed by atoms with Gasteiger partial charge in [0.15, 0.2) is 5.88 Å². The molecule has 6 aromatic rings. The Bertz CT molecular complexity index is 2240. The van der Waals surface area contributed by atoms with Crippen LogP contribution in [-0.2, 0) is 5.41 Å². The van der Waals surface area contributed by atoms with Crippen molar-refractivity contribution in [3.8, 4) is 11.1 Å². The molecule has 0 fully saturated rings. The molecule has 1 aromatic heterocycles. The van der Waals surface area contributed by atoms with Gasteiger partial charge in [0.25, 0.3) is 6.71 Å². The Balaban J connectivity index is 1.32. The van der Waals surface area contributed by atoms with Crippen LogP contribution in [0, 0.1) is 0 Å². The van der Waals surface area contributed by atoms with E-state index in [2.05, 4.69) is 157 Å². The molecule has 5 aromatic carbocycles. The normalized spacial score (nSPS) is 18.4. The number of fused-ring (bicyclic) bond motifs is 9. The monoisotopic (exact) mass is 578 g/mol. The van der Waals surface area contributed by atoms with E-state index in [0.717, 1.165) is 23.6 Å². The maximum Gasteiger partial charge on any atom is 0.252 e. The van der Waals surface area contributed by atoms with Gasteiger partial charge in [-0.1, -0.05) is 98.8 Å². The summed E-state index contributed by atoms with van der Waals surface area (Å²) < 4.78 is 7.10. The number of rotatable bonds is 2. The second-order valence-electron chi connectivity index (χ2n) is 13.2. The number of nitrogens with zero attached hydrogens (tertiary/aromatic N) is 2. The van der Waals surface area contributed by atoms with E-state index in [-0.39, 0.29) is 18.2 Å². The molecule has 0 spiro atoms. The van der Waals surface area contributed by atoms with Crippen molar-refractivity contribution in [2.75, 3.05) is 9.80 Å². The van der Waals surface area contributed by atoms with Gasteiger partial charge in [-0.25, -0.2) is 0 Å². The largest absolute Gasteiger partial charge is 0.441 e. The van der Waals surface area contributed by atoms with E-state index in [1.54, 1.807) is 0 Å². The molecule has 0 saturated heterocycles. The molecule has 214 valence electrons. The molecule has 0 N–H and O–H groups in total. The first-order valence-electron chi connectivity index (χ1n) is 16.0. The number of hydrogen-bond acceptors (Lipinski definition) is 3. The first-order valence-corrected chi connectivity index (χ1v) is 16.0. The molecule has 0 radical (unpaired) electrons. The van der Waals surface area contributed by atoms with Crippen LogP contribution in [-0.4, -0.2) is 12.8 Å². The summed E-state index contributed by atoms with van der Waals surface area (Å²) >= 11 is 0. The summed E-state index contributed by atoms with van der Waals surface area (Å²) in [5.41, 5.74) is 15.2. The zero-order valence-electron chi connectivity index (χ0n) is 25.4. The summed E-state index contributed by atoms with van der Waals surface area (Å²) in [4.78, 5) is 4.95. The maximum absolute atomic E-state index is 7.10. The van der Waals surface area contributed by atoms with E-state index in [1.165, 1.54) is 61.1 Å². The van der Waals surface area contributed by atoms with Crippen LogP contribution in [0.1, 0.15) is 31.4 Å². The van der Waals surface area contributed by atoms with Gasteiger partial charge >= 0.3 is 0 Å². The lowest BCUT2D eigenvalue weighted by atomic mass is 9.31. The summed E-state index contributed by atoms with van der Waals surface area (Å²) in [6.45, 7) is 4.82. The highest BCUT2D eigenvalue weighted by Gasteiger charge is 2.50. The van der Waals surface area contributed by atoms with Gasteiger partial charge in [-0.2, -0.15) is 0 Å². The highest BCUT2D eigenvalue weighted by atomic mass is 16.4. The van der Waals surface area contributed by atoms with Crippen LogP contribution >= 0.6 is 0 Å². The fraction of sp³-hybridized carbons (Fsp3) is 0.122. The molecule has 4 aliphatic rings. The molecular weight excluding hydrogens is 547 g/mol. The molecule has 0 bridgehead atoms. The Kier molecular flexibility index (Phi) is 4.99. The van der Waals surface area contributed by atoms with Crippen molar-refractivity contribution < 1.29 is 4.42 Å². The third-order valence-electron chi connectivity index (χ3n) is 10.6. The predicted molar refractivity (Wildman–Crippen MR) is 187 cm³/mol. The molecule has 4 heteroatoms. The van der Waals surface area contributed by atoms with Crippen LogP contribution in [0.15, 0.2) is 149 Å². The molecule has 1 atom stereocenters. The molecule has 0 amide bonds. The SMILES string of the molecule is CC1(C)c2ccccc2-c2cc3oc4c(c3cc21)B1C2=C(C=CC[C@@H]2N4c2ccccc2)N(c2ccccc2)c2ccccc21. The second-order valence-corrected chi connectivity index (χ2v) is 13.2. The fourth-order valence-electron chi connectivity index (χ4n) is 8.67. The van der Waals surface area contributed by atoms with Crippen molar-refractivity contribution in [3.63, 3.8) is 0 Å². The Morgan fingerprint density at radius 1 is 0.733 bits per heavy atom. The summed E-state index contributed by atoms with van der Waals surface area (Å²) in [5, 5.41) is 1.22. The van der Waals surface area contributed by atoms with E-state index in [1.807, 2.05) is 0 Å². The quantitative estimate of drug-likeness (QED) is 0.192. The second kappa shape index (κ2) is 8.92.